The van der Waals surface area contributed by atoms with E-state index in [0.717, 1.165) is 16.3 Å². The number of aliphatic hydroxyl groups is 1. The van der Waals surface area contributed by atoms with E-state index in [0.29, 0.717) is 28.8 Å². The molecule has 0 saturated carbocycles. The third-order valence-corrected chi connectivity index (χ3v) is 4.10. The maximum Gasteiger partial charge on any atom is 0.115 e. The fourth-order valence-corrected chi connectivity index (χ4v) is 2.77. The van der Waals surface area contributed by atoms with Crippen LogP contribution in [0.1, 0.15) is 22.8 Å². The van der Waals surface area contributed by atoms with E-state index in [-0.39, 0.29) is 0 Å². The first kappa shape index (κ1) is 22.1. The van der Waals surface area contributed by atoms with E-state index in [2.05, 4.69) is 36.1 Å². The molecule has 0 fully saturated rings. The third kappa shape index (κ3) is 6.43. The summed E-state index contributed by atoms with van der Waals surface area (Å²) in [5.41, 5.74) is 2.79. The Bertz CT molecular complexity index is 932. The smallest absolute Gasteiger partial charge is 0.115 e. The molecular weight excluding hydrogens is 395 g/mol. The van der Waals surface area contributed by atoms with Crippen LogP contribution in [0, 0.1) is 6.92 Å². The van der Waals surface area contributed by atoms with Gasteiger partial charge in [-0.15, -0.1) is 0 Å². The van der Waals surface area contributed by atoms with Crippen molar-refractivity contribution in [2.24, 2.45) is 0 Å². The lowest BCUT2D eigenvalue weighted by Crippen LogP contribution is -2.02. The maximum atomic E-state index is 10.5. The molecule has 3 rings (SSSR count). The SMILES string of the molecule is C=C(Cl)COCC(=C)Cl.Cc1ccc(C(O)c2cncnc2)c2ccccc12. The van der Waals surface area contributed by atoms with Crippen LogP contribution in [0.5, 0.6) is 0 Å². The Morgan fingerprint density at radius 1 is 1.00 bits per heavy atom. The van der Waals surface area contributed by atoms with Crippen LogP contribution in [0.25, 0.3) is 10.8 Å². The molecule has 0 radical (unpaired) electrons. The zero-order valence-electron chi connectivity index (χ0n) is 15.6. The monoisotopic (exact) mass is 416 g/mol. The number of benzene rings is 2. The van der Waals surface area contributed by atoms with Gasteiger partial charge in [0.05, 0.1) is 13.2 Å². The van der Waals surface area contributed by atoms with Crippen LogP contribution in [-0.4, -0.2) is 28.3 Å². The number of hydrogen-bond acceptors (Lipinski definition) is 4. The van der Waals surface area contributed by atoms with Crippen LogP contribution in [0.15, 0.2) is 78.3 Å². The molecule has 0 spiro atoms. The van der Waals surface area contributed by atoms with Crippen molar-refractivity contribution in [3.63, 3.8) is 0 Å². The van der Waals surface area contributed by atoms with Crippen LogP contribution < -0.4 is 0 Å². The lowest BCUT2D eigenvalue weighted by Gasteiger charge is -2.14. The second-order valence-corrected chi connectivity index (χ2v) is 7.19. The van der Waals surface area contributed by atoms with Crippen LogP contribution in [0.4, 0.5) is 0 Å². The summed E-state index contributed by atoms with van der Waals surface area (Å²) < 4.78 is 4.89. The maximum absolute atomic E-state index is 10.5. The van der Waals surface area contributed by atoms with Gasteiger partial charge < -0.3 is 9.84 Å². The summed E-state index contributed by atoms with van der Waals surface area (Å²) >= 11 is 10.7. The first-order chi connectivity index (χ1) is 13.4. The van der Waals surface area contributed by atoms with Gasteiger partial charge in [0.1, 0.15) is 12.4 Å². The van der Waals surface area contributed by atoms with Crippen LogP contribution in [-0.2, 0) is 4.74 Å². The highest BCUT2D eigenvalue weighted by atomic mass is 35.5. The van der Waals surface area contributed by atoms with E-state index >= 15 is 0 Å². The van der Waals surface area contributed by atoms with Crippen LogP contribution >= 0.6 is 23.2 Å². The van der Waals surface area contributed by atoms with E-state index in [1.165, 1.54) is 11.9 Å². The van der Waals surface area contributed by atoms with Gasteiger partial charge in [-0.25, -0.2) is 9.97 Å². The highest BCUT2D eigenvalue weighted by Crippen LogP contribution is 2.29. The third-order valence-electron chi connectivity index (χ3n) is 3.88. The summed E-state index contributed by atoms with van der Waals surface area (Å²) in [5.74, 6) is 0. The Balaban J connectivity index is 0.000000266. The second-order valence-electron chi connectivity index (χ2n) is 6.12. The van der Waals surface area contributed by atoms with Crippen molar-refractivity contribution in [2.75, 3.05) is 13.2 Å². The van der Waals surface area contributed by atoms with Crippen molar-refractivity contribution < 1.29 is 9.84 Å². The molecule has 146 valence electrons. The standard InChI is InChI=1S/C16H14N2O.C6H8Cl2O/c1-11-6-7-15(14-5-3-2-4-13(11)14)16(19)12-8-17-10-18-9-12;1-5(7)3-9-4-6(2)8/h2-10,16,19H,1H3;1-4H2. The number of aryl methyl sites for hydroxylation is 1. The lowest BCUT2D eigenvalue weighted by molar-refractivity contribution is 0.189. The summed E-state index contributed by atoms with van der Waals surface area (Å²) in [4.78, 5) is 7.92. The zero-order valence-corrected chi connectivity index (χ0v) is 17.1. The Hall–Kier alpha value is -2.24. The average Bonchev–Trinajstić information content (AvgIpc) is 2.69. The quantitative estimate of drug-likeness (QED) is 0.573. The van der Waals surface area contributed by atoms with Gasteiger partial charge in [0, 0.05) is 28.0 Å². The van der Waals surface area contributed by atoms with E-state index < -0.39 is 6.10 Å². The fourth-order valence-electron chi connectivity index (χ4n) is 2.62. The summed E-state index contributed by atoms with van der Waals surface area (Å²) in [5, 5.41) is 13.7. The lowest BCUT2D eigenvalue weighted by atomic mass is 9.95. The number of aromatic nitrogens is 2. The highest BCUT2D eigenvalue weighted by molar-refractivity contribution is 6.29. The Labute approximate surface area is 175 Å². The number of halogens is 2. The molecule has 1 N–H and O–H groups in total. The Kier molecular flexibility index (Phi) is 8.61. The minimum Gasteiger partial charge on any atom is -0.384 e. The van der Waals surface area contributed by atoms with Crippen LogP contribution in [0.2, 0.25) is 0 Å². The van der Waals surface area contributed by atoms with E-state index in [4.69, 9.17) is 27.9 Å². The average molecular weight is 417 g/mol. The molecule has 0 aliphatic rings. The topological polar surface area (TPSA) is 55.2 Å². The molecule has 1 heterocycles. The van der Waals surface area contributed by atoms with Crippen molar-refractivity contribution >= 4 is 34.0 Å². The number of aliphatic hydroxyl groups excluding tert-OH is 1. The van der Waals surface area contributed by atoms with Crippen molar-refractivity contribution in [2.45, 2.75) is 13.0 Å². The van der Waals surface area contributed by atoms with Gasteiger partial charge in [0.25, 0.3) is 0 Å². The number of ether oxygens (including phenoxy) is 1. The zero-order chi connectivity index (χ0) is 20.5. The number of nitrogens with zero attached hydrogens (tertiary/aromatic N) is 2. The van der Waals surface area contributed by atoms with Gasteiger partial charge in [-0.2, -0.15) is 0 Å². The normalized spacial score (nSPS) is 11.4. The molecule has 4 nitrogen and oxygen atoms in total. The predicted molar refractivity (Wildman–Crippen MR) is 116 cm³/mol. The first-order valence-electron chi connectivity index (χ1n) is 8.55. The summed E-state index contributed by atoms with van der Waals surface area (Å²) in [6, 6.07) is 12.1. The van der Waals surface area contributed by atoms with Gasteiger partial charge in [0.15, 0.2) is 0 Å². The summed E-state index contributed by atoms with van der Waals surface area (Å²) in [6.45, 7) is 9.57. The molecule has 0 saturated heterocycles. The van der Waals surface area contributed by atoms with E-state index in [1.54, 1.807) is 12.4 Å². The van der Waals surface area contributed by atoms with Gasteiger partial charge in [-0.3, -0.25) is 0 Å². The Morgan fingerprint density at radius 2 is 1.57 bits per heavy atom. The van der Waals surface area contributed by atoms with Gasteiger partial charge in [0.2, 0.25) is 0 Å². The molecular formula is C22H22Cl2N2O2. The van der Waals surface area contributed by atoms with Gasteiger partial charge in [-0.05, 0) is 28.8 Å². The number of fused-ring (bicyclic) bond motifs is 1. The first-order valence-corrected chi connectivity index (χ1v) is 9.31. The molecule has 0 bridgehead atoms. The second kappa shape index (κ2) is 10.9. The summed E-state index contributed by atoms with van der Waals surface area (Å²) in [6.07, 6.45) is 4.05. The molecule has 28 heavy (non-hydrogen) atoms. The molecule has 0 aliphatic carbocycles. The van der Waals surface area contributed by atoms with Crippen molar-refractivity contribution in [3.8, 4) is 0 Å². The Morgan fingerprint density at radius 3 is 2.14 bits per heavy atom. The molecule has 1 unspecified atom stereocenters. The molecule has 1 aromatic heterocycles. The van der Waals surface area contributed by atoms with Crippen molar-refractivity contribution in [1.82, 2.24) is 9.97 Å². The minimum absolute atomic E-state index is 0.327. The minimum atomic E-state index is -0.702. The molecule has 2 aromatic carbocycles. The van der Waals surface area contributed by atoms with E-state index in [9.17, 15) is 5.11 Å². The fraction of sp³-hybridized carbons (Fsp3) is 0.182. The van der Waals surface area contributed by atoms with Crippen molar-refractivity contribution in [3.05, 3.63) is 95.0 Å². The van der Waals surface area contributed by atoms with E-state index in [1.807, 2.05) is 30.3 Å². The van der Waals surface area contributed by atoms with Crippen LogP contribution in [0.3, 0.4) is 0 Å². The highest BCUT2D eigenvalue weighted by Gasteiger charge is 2.14. The molecule has 3 aromatic rings. The predicted octanol–water partition coefficient (Wildman–Crippen LogP) is 5.53. The molecule has 0 aliphatic heterocycles. The van der Waals surface area contributed by atoms with Crippen molar-refractivity contribution in [1.29, 1.82) is 0 Å². The number of hydrogen-bond donors (Lipinski definition) is 1. The largest absolute Gasteiger partial charge is 0.384 e. The molecule has 1 atom stereocenters. The molecule has 0 amide bonds. The number of rotatable bonds is 6. The van der Waals surface area contributed by atoms with Gasteiger partial charge >= 0.3 is 0 Å². The molecule has 6 heteroatoms. The van der Waals surface area contributed by atoms with Gasteiger partial charge in [-0.1, -0.05) is 72.8 Å². The summed E-state index contributed by atoms with van der Waals surface area (Å²) in [7, 11) is 0.